The van der Waals surface area contributed by atoms with Gasteiger partial charge in [-0.25, -0.2) is 0 Å². The minimum atomic E-state index is -0.163. The van der Waals surface area contributed by atoms with Gasteiger partial charge in [-0.2, -0.15) is 0 Å². The zero-order chi connectivity index (χ0) is 8.53. The van der Waals surface area contributed by atoms with E-state index in [0.717, 1.165) is 6.61 Å². The maximum atomic E-state index is 9.90. The molecule has 3 heteroatoms. The first-order valence-corrected chi connectivity index (χ1v) is 4.01. The third-order valence-corrected chi connectivity index (χ3v) is 1.05. The lowest BCUT2D eigenvalue weighted by Crippen LogP contribution is -2.15. The Hall–Kier alpha value is -0.120. The lowest BCUT2D eigenvalue weighted by Gasteiger charge is -2.08. The van der Waals surface area contributed by atoms with Crippen LogP contribution in [0.4, 0.5) is 0 Å². The maximum absolute atomic E-state index is 9.90. The summed E-state index contributed by atoms with van der Waals surface area (Å²) in [5, 5.41) is 9.90. The highest BCUT2D eigenvalue weighted by Crippen LogP contribution is 1.91. The normalized spacial score (nSPS) is 10.9. The van der Waals surface area contributed by atoms with Crippen molar-refractivity contribution in [2.75, 3.05) is 33.0 Å². The molecule has 0 N–H and O–H groups in total. The van der Waals surface area contributed by atoms with Crippen LogP contribution in [0.3, 0.4) is 0 Å². The van der Waals surface area contributed by atoms with Crippen LogP contribution in [0.2, 0.25) is 0 Å². The predicted molar refractivity (Wildman–Crippen MR) is 41.3 cm³/mol. The Balaban J connectivity index is 2.80. The van der Waals surface area contributed by atoms with Crippen LogP contribution < -0.4 is 5.11 Å². The van der Waals surface area contributed by atoms with Gasteiger partial charge in [0, 0.05) is 13.2 Å². The fourth-order valence-corrected chi connectivity index (χ4v) is 0.598. The van der Waals surface area contributed by atoms with E-state index in [2.05, 4.69) is 13.8 Å². The number of rotatable bonds is 7. The van der Waals surface area contributed by atoms with Gasteiger partial charge in [0.05, 0.1) is 13.2 Å². The second-order valence-corrected chi connectivity index (χ2v) is 2.79. The third kappa shape index (κ3) is 9.88. The Labute approximate surface area is 68.3 Å². The van der Waals surface area contributed by atoms with Crippen LogP contribution in [0.1, 0.15) is 13.8 Å². The van der Waals surface area contributed by atoms with Crippen molar-refractivity contribution in [2.24, 2.45) is 5.92 Å². The van der Waals surface area contributed by atoms with E-state index < -0.39 is 0 Å². The van der Waals surface area contributed by atoms with Crippen LogP contribution in [0.25, 0.3) is 0 Å². The first-order chi connectivity index (χ1) is 5.27. The monoisotopic (exact) mass is 161 g/mol. The van der Waals surface area contributed by atoms with Gasteiger partial charge in [-0.15, -0.1) is 6.61 Å². The molecule has 0 aliphatic rings. The summed E-state index contributed by atoms with van der Waals surface area (Å²) in [4.78, 5) is 0. The molecule has 68 valence electrons. The van der Waals surface area contributed by atoms with Crippen molar-refractivity contribution < 1.29 is 14.6 Å². The lowest BCUT2D eigenvalue weighted by molar-refractivity contribution is -0.374. The quantitative estimate of drug-likeness (QED) is 0.495. The van der Waals surface area contributed by atoms with Gasteiger partial charge in [0.1, 0.15) is 0 Å². The SMILES string of the molecule is CC(C)COCCOCC[O-]. The summed E-state index contributed by atoms with van der Waals surface area (Å²) in [7, 11) is 0. The number of hydrogen-bond acceptors (Lipinski definition) is 3. The van der Waals surface area contributed by atoms with E-state index >= 15 is 0 Å². The summed E-state index contributed by atoms with van der Waals surface area (Å²) in [5.74, 6) is 0.564. The molecule has 0 bridgehead atoms. The summed E-state index contributed by atoms with van der Waals surface area (Å²) in [5.41, 5.74) is 0. The molecule has 0 saturated heterocycles. The smallest absolute Gasteiger partial charge is 0.0700 e. The van der Waals surface area contributed by atoms with Crippen LogP contribution in [0, 0.1) is 5.92 Å². The molecule has 0 spiro atoms. The average molecular weight is 161 g/mol. The highest BCUT2D eigenvalue weighted by molar-refractivity contribution is 4.39. The largest absolute Gasteiger partial charge is 0.853 e. The second kappa shape index (κ2) is 7.98. The Morgan fingerprint density at radius 1 is 1.09 bits per heavy atom. The topological polar surface area (TPSA) is 41.5 Å². The van der Waals surface area contributed by atoms with E-state index in [1.807, 2.05) is 0 Å². The molecule has 0 unspecified atom stereocenters. The second-order valence-electron chi connectivity index (χ2n) is 2.79. The summed E-state index contributed by atoms with van der Waals surface area (Å²) < 4.78 is 10.1. The Morgan fingerprint density at radius 3 is 2.27 bits per heavy atom. The summed E-state index contributed by atoms with van der Waals surface area (Å²) >= 11 is 0. The summed E-state index contributed by atoms with van der Waals surface area (Å²) in [6.07, 6.45) is 0. The van der Waals surface area contributed by atoms with E-state index in [4.69, 9.17) is 9.47 Å². The molecule has 0 aromatic carbocycles. The van der Waals surface area contributed by atoms with E-state index in [1.54, 1.807) is 0 Å². The zero-order valence-corrected chi connectivity index (χ0v) is 7.34. The molecule has 0 radical (unpaired) electrons. The first-order valence-electron chi connectivity index (χ1n) is 4.01. The van der Waals surface area contributed by atoms with Gasteiger partial charge in [-0.05, 0) is 5.92 Å². The van der Waals surface area contributed by atoms with Crippen molar-refractivity contribution in [3.63, 3.8) is 0 Å². The molecule has 0 aliphatic heterocycles. The van der Waals surface area contributed by atoms with Crippen molar-refractivity contribution in [1.82, 2.24) is 0 Å². The van der Waals surface area contributed by atoms with E-state index in [9.17, 15) is 5.11 Å². The van der Waals surface area contributed by atoms with Crippen LogP contribution in [0.15, 0.2) is 0 Å². The first kappa shape index (κ1) is 10.9. The highest BCUT2D eigenvalue weighted by atomic mass is 16.5. The molecule has 0 aromatic rings. The van der Waals surface area contributed by atoms with Gasteiger partial charge in [0.25, 0.3) is 0 Å². The molecule has 0 atom stereocenters. The molecule has 0 heterocycles. The molecule has 3 nitrogen and oxygen atoms in total. The van der Waals surface area contributed by atoms with E-state index in [1.165, 1.54) is 0 Å². The summed E-state index contributed by atoms with van der Waals surface area (Å²) in [6, 6.07) is 0. The van der Waals surface area contributed by atoms with Crippen LogP contribution in [0.5, 0.6) is 0 Å². The Bertz CT molecular complexity index is 73.7. The van der Waals surface area contributed by atoms with E-state index in [-0.39, 0.29) is 6.61 Å². The van der Waals surface area contributed by atoms with Gasteiger partial charge in [-0.3, -0.25) is 0 Å². The fourth-order valence-electron chi connectivity index (χ4n) is 0.598. The van der Waals surface area contributed by atoms with Crippen molar-refractivity contribution >= 4 is 0 Å². The molecule has 0 aliphatic carbocycles. The van der Waals surface area contributed by atoms with Crippen LogP contribution in [-0.4, -0.2) is 33.0 Å². The Morgan fingerprint density at radius 2 is 1.73 bits per heavy atom. The molecular formula is C8H17O3-. The van der Waals surface area contributed by atoms with Gasteiger partial charge < -0.3 is 14.6 Å². The highest BCUT2D eigenvalue weighted by Gasteiger charge is 1.92. The number of ether oxygens (including phenoxy) is 2. The maximum Gasteiger partial charge on any atom is 0.0700 e. The summed E-state index contributed by atoms with van der Waals surface area (Å²) in [6.45, 7) is 6.22. The predicted octanol–water partition coefficient (Wildman–Crippen LogP) is 0.0359. The molecule has 0 amide bonds. The average Bonchev–Trinajstić information content (AvgIpc) is 1.96. The van der Waals surface area contributed by atoms with Gasteiger partial charge in [0.2, 0.25) is 0 Å². The molecule has 0 rings (SSSR count). The fraction of sp³-hybridized carbons (Fsp3) is 1.00. The number of hydrogen-bond donors (Lipinski definition) is 0. The molecule has 0 saturated carbocycles. The van der Waals surface area contributed by atoms with Crippen molar-refractivity contribution in [3.8, 4) is 0 Å². The van der Waals surface area contributed by atoms with Crippen LogP contribution in [-0.2, 0) is 9.47 Å². The zero-order valence-electron chi connectivity index (χ0n) is 7.34. The van der Waals surface area contributed by atoms with Gasteiger partial charge in [-0.1, -0.05) is 13.8 Å². The Kier molecular flexibility index (Phi) is 7.89. The molecule has 11 heavy (non-hydrogen) atoms. The van der Waals surface area contributed by atoms with Crippen molar-refractivity contribution in [2.45, 2.75) is 13.8 Å². The minimum absolute atomic E-state index is 0.163. The third-order valence-electron chi connectivity index (χ3n) is 1.05. The van der Waals surface area contributed by atoms with Crippen molar-refractivity contribution in [3.05, 3.63) is 0 Å². The van der Waals surface area contributed by atoms with E-state index in [0.29, 0.717) is 25.7 Å². The molecule has 0 aromatic heterocycles. The minimum Gasteiger partial charge on any atom is -0.853 e. The molecular weight excluding hydrogens is 144 g/mol. The van der Waals surface area contributed by atoms with Crippen molar-refractivity contribution in [1.29, 1.82) is 0 Å². The van der Waals surface area contributed by atoms with Crippen LogP contribution >= 0.6 is 0 Å². The van der Waals surface area contributed by atoms with Gasteiger partial charge in [0.15, 0.2) is 0 Å². The lowest BCUT2D eigenvalue weighted by atomic mass is 10.2. The molecule has 0 fully saturated rings. The van der Waals surface area contributed by atoms with Gasteiger partial charge >= 0.3 is 0 Å². The standard InChI is InChI=1S/C8H17O3/c1-8(2)7-11-6-5-10-4-3-9/h8H,3-7H2,1-2H3/q-1.